The number of aromatic nitrogens is 2. The molecule has 1 aliphatic heterocycles. The van der Waals surface area contributed by atoms with E-state index in [0.717, 1.165) is 12.4 Å². The Morgan fingerprint density at radius 3 is 2.94 bits per heavy atom. The SMILES string of the molecule is [c]1nccc(N2NNCC23CCCCC3)n1. The lowest BCUT2D eigenvalue weighted by molar-refractivity contribution is 0.306. The summed E-state index contributed by atoms with van der Waals surface area (Å²) in [6.45, 7) is 0.983. The first kappa shape index (κ1) is 9.99. The van der Waals surface area contributed by atoms with Crippen LogP contribution in [0.4, 0.5) is 5.82 Å². The van der Waals surface area contributed by atoms with Crippen molar-refractivity contribution in [3.63, 3.8) is 0 Å². The molecule has 5 heteroatoms. The summed E-state index contributed by atoms with van der Waals surface area (Å²) in [4.78, 5) is 8.04. The Kier molecular flexibility index (Phi) is 2.49. The molecule has 2 fully saturated rings. The van der Waals surface area contributed by atoms with Crippen LogP contribution in [-0.4, -0.2) is 22.1 Å². The molecule has 1 spiro atoms. The Hall–Kier alpha value is -1.20. The van der Waals surface area contributed by atoms with Crippen LogP contribution in [0.1, 0.15) is 32.1 Å². The molecule has 16 heavy (non-hydrogen) atoms. The minimum Gasteiger partial charge on any atom is -0.271 e. The average molecular weight is 218 g/mol. The fraction of sp³-hybridized carbons (Fsp3) is 0.636. The first-order chi connectivity index (χ1) is 7.91. The number of nitrogens with one attached hydrogen (secondary N) is 2. The first-order valence-corrected chi connectivity index (χ1v) is 5.89. The van der Waals surface area contributed by atoms with Gasteiger partial charge in [-0.1, -0.05) is 19.3 Å². The molecule has 2 N–H and O–H groups in total. The van der Waals surface area contributed by atoms with E-state index in [2.05, 4.69) is 32.3 Å². The number of hydrogen-bond acceptors (Lipinski definition) is 5. The van der Waals surface area contributed by atoms with Crippen LogP contribution in [0.25, 0.3) is 0 Å². The quantitative estimate of drug-likeness (QED) is 0.730. The first-order valence-electron chi connectivity index (χ1n) is 5.89. The van der Waals surface area contributed by atoms with E-state index in [1.807, 2.05) is 6.07 Å². The molecular weight excluding hydrogens is 202 g/mol. The topological polar surface area (TPSA) is 53.1 Å². The predicted molar refractivity (Wildman–Crippen MR) is 60.3 cm³/mol. The van der Waals surface area contributed by atoms with Crippen molar-refractivity contribution >= 4 is 5.82 Å². The highest BCUT2D eigenvalue weighted by Gasteiger charge is 2.42. The van der Waals surface area contributed by atoms with Gasteiger partial charge in [0.2, 0.25) is 0 Å². The molecule has 0 unspecified atom stereocenters. The molecule has 3 rings (SSSR count). The Morgan fingerprint density at radius 1 is 1.31 bits per heavy atom. The van der Waals surface area contributed by atoms with Gasteiger partial charge in [-0.05, 0) is 12.8 Å². The fourth-order valence-electron chi connectivity index (χ4n) is 2.77. The van der Waals surface area contributed by atoms with Crippen molar-refractivity contribution < 1.29 is 0 Å². The van der Waals surface area contributed by atoms with Crippen LogP contribution < -0.4 is 16.0 Å². The molecule has 0 bridgehead atoms. The maximum atomic E-state index is 4.20. The molecule has 1 aromatic heterocycles. The van der Waals surface area contributed by atoms with Gasteiger partial charge in [0.15, 0.2) is 6.33 Å². The van der Waals surface area contributed by atoms with Gasteiger partial charge in [-0.25, -0.2) is 15.4 Å². The van der Waals surface area contributed by atoms with E-state index in [1.54, 1.807) is 6.20 Å². The van der Waals surface area contributed by atoms with Gasteiger partial charge in [-0.3, -0.25) is 5.01 Å². The Balaban J connectivity index is 1.89. The molecule has 1 saturated heterocycles. The normalized spacial score (nSPS) is 23.9. The summed E-state index contributed by atoms with van der Waals surface area (Å²) in [5.41, 5.74) is 6.63. The summed E-state index contributed by atoms with van der Waals surface area (Å²) >= 11 is 0. The Morgan fingerprint density at radius 2 is 2.19 bits per heavy atom. The number of hydrazine groups is 2. The molecule has 1 radical (unpaired) electrons. The van der Waals surface area contributed by atoms with Crippen LogP contribution in [-0.2, 0) is 0 Å². The van der Waals surface area contributed by atoms with Crippen molar-refractivity contribution in [3.8, 4) is 0 Å². The lowest BCUT2D eigenvalue weighted by atomic mass is 9.81. The maximum absolute atomic E-state index is 4.20. The molecule has 2 aliphatic rings. The summed E-state index contributed by atoms with van der Waals surface area (Å²) in [7, 11) is 0. The molecule has 0 atom stereocenters. The lowest BCUT2D eigenvalue weighted by Crippen LogP contribution is -2.51. The predicted octanol–water partition coefficient (Wildman–Crippen LogP) is 0.809. The van der Waals surface area contributed by atoms with Crippen LogP contribution >= 0.6 is 0 Å². The van der Waals surface area contributed by atoms with Gasteiger partial charge in [0, 0.05) is 18.8 Å². The molecule has 85 valence electrons. The molecule has 5 nitrogen and oxygen atoms in total. The van der Waals surface area contributed by atoms with Crippen molar-refractivity contribution in [2.45, 2.75) is 37.6 Å². The molecule has 1 aromatic rings. The van der Waals surface area contributed by atoms with Crippen LogP contribution in [0, 0.1) is 6.33 Å². The Bertz CT molecular complexity index is 347. The molecular formula is C11H16N5. The van der Waals surface area contributed by atoms with Gasteiger partial charge in [0.05, 0.1) is 5.54 Å². The Labute approximate surface area is 95.2 Å². The summed E-state index contributed by atoms with van der Waals surface area (Å²) in [5, 5.41) is 2.16. The average Bonchev–Trinajstić information content (AvgIpc) is 2.75. The summed E-state index contributed by atoms with van der Waals surface area (Å²) in [6, 6.07) is 1.92. The minimum atomic E-state index is 0.195. The molecule has 1 aliphatic carbocycles. The number of rotatable bonds is 1. The minimum absolute atomic E-state index is 0.195. The number of hydrogen-bond donors (Lipinski definition) is 2. The van der Waals surface area contributed by atoms with E-state index < -0.39 is 0 Å². The highest BCUT2D eigenvalue weighted by molar-refractivity contribution is 5.40. The van der Waals surface area contributed by atoms with Gasteiger partial charge >= 0.3 is 0 Å². The van der Waals surface area contributed by atoms with Crippen molar-refractivity contribution in [3.05, 3.63) is 18.6 Å². The monoisotopic (exact) mass is 218 g/mol. The standard InChI is InChI=1S/C11H16N5/c1-2-5-11(6-3-1)8-14-15-16(11)10-4-7-12-9-13-10/h4,7,14-15H,1-3,5-6,8H2. The van der Waals surface area contributed by atoms with Crippen molar-refractivity contribution in [1.82, 2.24) is 20.9 Å². The van der Waals surface area contributed by atoms with E-state index in [4.69, 9.17) is 0 Å². The van der Waals surface area contributed by atoms with Gasteiger partial charge in [-0.2, -0.15) is 5.53 Å². The third kappa shape index (κ3) is 1.56. The van der Waals surface area contributed by atoms with Crippen molar-refractivity contribution in [2.75, 3.05) is 11.6 Å². The van der Waals surface area contributed by atoms with Gasteiger partial charge < -0.3 is 0 Å². The van der Waals surface area contributed by atoms with E-state index in [0.29, 0.717) is 0 Å². The van der Waals surface area contributed by atoms with Crippen molar-refractivity contribution in [2.24, 2.45) is 0 Å². The molecule has 0 amide bonds. The lowest BCUT2D eigenvalue weighted by Gasteiger charge is -2.39. The number of nitrogens with zero attached hydrogens (tertiary/aromatic N) is 3. The van der Waals surface area contributed by atoms with Crippen LogP contribution in [0.3, 0.4) is 0 Å². The maximum Gasteiger partial charge on any atom is 0.199 e. The van der Waals surface area contributed by atoms with E-state index in [9.17, 15) is 0 Å². The molecule has 2 heterocycles. The molecule has 0 aromatic carbocycles. The van der Waals surface area contributed by atoms with Gasteiger partial charge in [0.1, 0.15) is 5.82 Å². The molecule has 1 saturated carbocycles. The second-order valence-corrected chi connectivity index (χ2v) is 4.60. The summed E-state index contributed by atoms with van der Waals surface area (Å²) < 4.78 is 0. The third-order valence-corrected chi connectivity index (χ3v) is 3.62. The van der Waals surface area contributed by atoms with Gasteiger partial charge in [0.25, 0.3) is 0 Å². The van der Waals surface area contributed by atoms with E-state index in [1.165, 1.54) is 32.1 Å². The highest BCUT2D eigenvalue weighted by atomic mass is 15.8. The van der Waals surface area contributed by atoms with Crippen LogP contribution in [0.15, 0.2) is 12.3 Å². The van der Waals surface area contributed by atoms with Crippen LogP contribution in [0.2, 0.25) is 0 Å². The summed E-state index contributed by atoms with van der Waals surface area (Å²) in [6.07, 6.45) is 10.8. The van der Waals surface area contributed by atoms with Crippen LogP contribution in [0.5, 0.6) is 0 Å². The van der Waals surface area contributed by atoms with Crippen molar-refractivity contribution in [1.29, 1.82) is 0 Å². The smallest absolute Gasteiger partial charge is 0.199 e. The third-order valence-electron chi connectivity index (χ3n) is 3.62. The second kappa shape index (κ2) is 3.99. The van der Waals surface area contributed by atoms with Gasteiger partial charge in [-0.15, -0.1) is 0 Å². The number of anilines is 1. The fourth-order valence-corrected chi connectivity index (χ4v) is 2.77. The van der Waals surface area contributed by atoms with E-state index >= 15 is 0 Å². The largest absolute Gasteiger partial charge is 0.271 e. The zero-order valence-corrected chi connectivity index (χ0v) is 9.24. The zero-order chi connectivity index (χ0) is 10.8. The highest BCUT2D eigenvalue weighted by Crippen LogP contribution is 2.36. The zero-order valence-electron chi connectivity index (χ0n) is 9.24. The second-order valence-electron chi connectivity index (χ2n) is 4.60. The summed E-state index contributed by atoms with van der Waals surface area (Å²) in [5.74, 6) is 0.905. The van der Waals surface area contributed by atoms with E-state index in [-0.39, 0.29) is 5.54 Å².